The number of rotatable bonds is 2. The van der Waals surface area contributed by atoms with Gasteiger partial charge in [-0.2, -0.15) is 0 Å². The highest BCUT2D eigenvalue weighted by Crippen LogP contribution is 2.32. The molecule has 0 aromatic carbocycles. The van der Waals surface area contributed by atoms with Crippen LogP contribution in [0.25, 0.3) is 0 Å². The van der Waals surface area contributed by atoms with Gasteiger partial charge in [0.1, 0.15) is 6.61 Å². The molecule has 2 heterocycles. The first kappa shape index (κ1) is 11.4. The van der Waals surface area contributed by atoms with Gasteiger partial charge >= 0.3 is 5.97 Å². The second kappa shape index (κ2) is 4.40. The fourth-order valence-corrected chi connectivity index (χ4v) is 2.57. The molecule has 1 saturated heterocycles. The van der Waals surface area contributed by atoms with E-state index in [1.54, 1.807) is 12.1 Å². The third-order valence-corrected chi connectivity index (χ3v) is 3.39. The van der Waals surface area contributed by atoms with Crippen LogP contribution >= 0.6 is 22.9 Å². The molecule has 1 atom stereocenters. The largest absolute Gasteiger partial charge is 0.480 e. The zero-order chi connectivity index (χ0) is 11.7. The van der Waals surface area contributed by atoms with Crippen LogP contribution in [0.2, 0.25) is 4.34 Å². The van der Waals surface area contributed by atoms with Crippen LogP contribution < -0.4 is 4.90 Å². The lowest BCUT2D eigenvalue weighted by molar-refractivity contribution is -0.145. The van der Waals surface area contributed by atoms with Crippen molar-refractivity contribution in [2.75, 3.05) is 18.1 Å². The Hall–Kier alpha value is -1.11. The quantitative estimate of drug-likeness (QED) is 0.869. The Balaban J connectivity index is 2.33. The number of ether oxygens (including phenoxy) is 1. The number of carboxylic acid groups (broad SMARTS) is 1. The van der Waals surface area contributed by atoms with Crippen LogP contribution in [-0.4, -0.2) is 36.2 Å². The van der Waals surface area contributed by atoms with Gasteiger partial charge in [-0.15, -0.1) is 11.3 Å². The lowest BCUT2D eigenvalue weighted by Crippen LogP contribution is -2.53. The molecule has 16 heavy (non-hydrogen) atoms. The summed E-state index contributed by atoms with van der Waals surface area (Å²) in [6.07, 6.45) is 0. The van der Waals surface area contributed by atoms with E-state index in [1.165, 1.54) is 16.2 Å². The van der Waals surface area contributed by atoms with Gasteiger partial charge in [0.05, 0.1) is 15.9 Å². The fourth-order valence-electron chi connectivity index (χ4n) is 1.47. The highest BCUT2D eigenvalue weighted by molar-refractivity contribution is 7.20. The molecule has 1 aliphatic heterocycles. The molecular formula is C9H8ClNO4S. The van der Waals surface area contributed by atoms with Crippen molar-refractivity contribution >= 4 is 39.8 Å². The van der Waals surface area contributed by atoms with E-state index in [9.17, 15) is 9.59 Å². The molecule has 1 aliphatic rings. The molecule has 0 saturated carbocycles. The summed E-state index contributed by atoms with van der Waals surface area (Å²) in [5, 5.41) is 9.53. The summed E-state index contributed by atoms with van der Waals surface area (Å²) >= 11 is 6.93. The minimum atomic E-state index is -1.09. The molecule has 1 fully saturated rings. The maximum absolute atomic E-state index is 11.6. The highest BCUT2D eigenvalue weighted by Gasteiger charge is 2.35. The van der Waals surface area contributed by atoms with Crippen molar-refractivity contribution in [2.24, 2.45) is 0 Å². The van der Waals surface area contributed by atoms with E-state index in [0.29, 0.717) is 9.34 Å². The summed E-state index contributed by atoms with van der Waals surface area (Å²) < 4.78 is 5.43. The molecule has 1 amide bonds. The summed E-state index contributed by atoms with van der Waals surface area (Å²) in [6.45, 7) is -0.101. The van der Waals surface area contributed by atoms with Crippen LogP contribution in [0.3, 0.4) is 0 Å². The Morgan fingerprint density at radius 1 is 1.62 bits per heavy atom. The van der Waals surface area contributed by atoms with Gasteiger partial charge in [0.25, 0.3) is 5.91 Å². The molecule has 0 aliphatic carbocycles. The first-order valence-electron chi connectivity index (χ1n) is 4.47. The number of carbonyl (C=O) groups excluding carboxylic acids is 1. The van der Waals surface area contributed by atoms with E-state index in [2.05, 4.69) is 0 Å². The van der Waals surface area contributed by atoms with E-state index < -0.39 is 12.0 Å². The van der Waals surface area contributed by atoms with Crippen LogP contribution in [0.1, 0.15) is 0 Å². The number of nitrogens with zero attached hydrogens (tertiary/aromatic N) is 1. The number of anilines is 1. The number of aliphatic carboxylic acids is 1. The molecule has 1 unspecified atom stereocenters. The maximum atomic E-state index is 11.6. The van der Waals surface area contributed by atoms with Gasteiger partial charge < -0.3 is 9.84 Å². The van der Waals surface area contributed by atoms with Gasteiger partial charge in [-0.3, -0.25) is 9.69 Å². The summed E-state index contributed by atoms with van der Waals surface area (Å²) in [6, 6.07) is 2.28. The first-order chi connectivity index (χ1) is 7.59. The fraction of sp³-hybridized carbons (Fsp3) is 0.333. The Morgan fingerprint density at radius 2 is 2.38 bits per heavy atom. The van der Waals surface area contributed by atoms with Gasteiger partial charge in [-0.25, -0.2) is 4.79 Å². The molecule has 1 N–H and O–H groups in total. The number of amides is 1. The predicted molar refractivity (Wildman–Crippen MR) is 59.1 cm³/mol. The van der Waals surface area contributed by atoms with Crippen LogP contribution in [0.5, 0.6) is 0 Å². The van der Waals surface area contributed by atoms with E-state index in [-0.39, 0.29) is 19.1 Å². The number of carboxylic acids is 1. The summed E-state index contributed by atoms with van der Waals surface area (Å²) in [5.74, 6) is -1.45. The molecule has 0 radical (unpaired) electrons. The molecule has 0 spiro atoms. The highest BCUT2D eigenvalue weighted by atomic mass is 35.5. The number of hydrogen-bond acceptors (Lipinski definition) is 4. The summed E-state index contributed by atoms with van der Waals surface area (Å²) in [7, 11) is 0. The van der Waals surface area contributed by atoms with E-state index in [1.807, 2.05) is 0 Å². The zero-order valence-electron chi connectivity index (χ0n) is 8.05. The lowest BCUT2D eigenvalue weighted by Gasteiger charge is -2.31. The van der Waals surface area contributed by atoms with Crippen molar-refractivity contribution < 1.29 is 19.4 Å². The Kier molecular flexibility index (Phi) is 3.13. The van der Waals surface area contributed by atoms with Gasteiger partial charge in [0.15, 0.2) is 6.04 Å². The SMILES string of the molecule is O=C(O)C1COCC(=O)N1c1ccc(Cl)s1. The molecule has 0 bridgehead atoms. The Bertz CT molecular complexity index is 433. The van der Waals surface area contributed by atoms with Gasteiger partial charge in [0, 0.05) is 0 Å². The normalized spacial score (nSPS) is 21.2. The van der Waals surface area contributed by atoms with Crippen molar-refractivity contribution in [1.29, 1.82) is 0 Å². The van der Waals surface area contributed by atoms with Crippen molar-refractivity contribution in [1.82, 2.24) is 0 Å². The number of halogens is 1. The average Bonchev–Trinajstić information content (AvgIpc) is 2.64. The van der Waals surface area contributed by atoms with Crippen molar-refractivity contribution in [3.63, 3.8) is 0 Å². The van der Waals surface area contributed by atoms with Crippen LogP contribution in [0, 0.1) is 0 Å². The molecule has 1 aromatic heterocycles. The maximum Gasteiger partial charge on any atom is 0.329 e. The predicted octanol–water partition coefficient (Wildman–Crippen LogP) is 1.22. The molecule has 86 valence electrons. The topological polar surface area (TPSA) is 66.8 Å². The van der Waals surface area contributed by atoms with Gasteiger partial charge in [-0.05, 0) is 12.1 Å². The van der Waals surface area contributed by atoms with Gasteiger partial charge in [0.2, 0.25) is 0 Å². The van der Waals surface area contributed by atoms with Crippen molar-refractivity contribution in [2.45, 2.75) is 6.04 Å². The average molecular weight is 262 g/mol. The molecule has 7 heteroatoms. The zero-order valence-corrected chi connectivity index (χ0v) is 9.62. The monoisotopic (exact) mass is 261 g/mol. The smallest absolute Gasteiger partial charge is 0.329 e. The summed E-state index contributed by atoms with van der Waals surface area (Å²) in [4.78, 5) is 23.8. The van der Waals surface area contributed by atoms with Crippen LogP contribution in [0.4, 0.5) is 5.00 Å². The molecular weight excluding hydrogens is 254 g/mol. The Morgan fingerprint density at radius 3 is 2.94 bits per heavy atom. The number of morpholine rings is 1. The third-order valence-electron chi connectivity index (χ3n) is 2.16. The molecule has 2 rings (SSSR count). The van der Waals surface area contributed by atoms with E-state index in [4.69, 9.17) is 21.4 Å². The number of carbonyl (C=O) groups is 2. The number of hydrogen-bond donors (Lipinski definition) is 1. The molecule has 5 nitrogen and oxygen atoms in total. The minimum Gasteiger partial charge on any atom is -0.480 e. The standard InChI is InChI=1S/C9H8ClNO4S/c10-6-1-2-8(16-6)11-5(9(13)14)3-15-4-7(11)12/h1-2,5H,3-4H2,(H,13,14). The number of thiophene rings is 1. The van der Waals surface area contributed by atoms with Crippen molar-refractivity contribution in [3.05, 3.63) is 16.5 Å². The first-order valence-corrected chi connectivity index (χ1v) is 5.67. The second-order valence-electron chi connectivity index (χ2n) is 3.21. The second-order valence-corrected chi connectivity index (χ2v) is 4.90. The Labute approximate surface area is 100 Å². The summed E-state index contributed by atoms with van der Waals surface area (Å²) in [5.41, 5.74) is 0. The van der Waals surface area contributed by atoms with E-state index >= 15 is 0 Å². The minimum absolute atomic E-state index is 0.00338. The van der Waals surface area contributed by atoms with Crippen LogP contribution in [-0.2, 0) is 14.3 Å². The molecule has 1 aromatic rings. The van der Waals surface area contributed by atoms with E-state index in [0.717, 1.165) is 0 Å². The van der Waals surface area contributed by atoms with Crippen molar-refractivity contribution in [3.8, 4) is 0 Å². The lowest BCUT2D eigenvalue weighted by atomic mass is 10.2. The van der Waals surface area contributed by atoms with Gasteiger partial charge in [-0.1, -0.05) is 11.6 Å². The third kappa shape index (κ3) is 2.04. The van der Waals surface area contributed by atoms with Crippen LogP contribution in [0.15, 0.2) is 12.1 Å².